The highest BCUT2D eigenvalue weighted by atomic mass is 35.5. The van der Waals surface area contributed by atoms with E-state index in [9.17, 15) is 9.18 Å². The van der Waals surface area contributed by atoms with Gasteiger partial charge in [0.2, 0.25) is 0 Å². The van der Waals surface area contributed by atoms with Crippen LogP contribution in [0, 0.1) is 12.7 Å². The first-order chi connectivity index (χ1) is 15.6. The van der Waals surface area contributed by atoms with E-state index in [0.717, 1.165) is 46.6 Å². The molecule has 5 rings (SSSR count). The van der Waals surface area contributed by atoms with Crippen LogP contribution in [0.1, 0.15) is 27.0 Å². The number of pyridine rings is 1. The summed E-state index contributed by atoms with van der Waals surface area (Å²) in [7, 11) is 0. The van der Waals surface area contributed by atoms with E-state index in [0.29, 0.717) is 25.1 Å². The summed E-state index contributed by atoms with van der Waals surface area (Å²) in [5.74, 6) is -0.177. The number of rotatable bonds is 4. The van der Waals surface area contributed by atoms with Gasteiger partial charge in [-0.15, -0.1) is 12.4 Å². The van der Waals surface area contributed by atoms with Crippen molar-refractivity contribution in [1.29, 1.82) is 0 Å². The third-order valence-corrected chi connectivity index (χ3v) is 6.36. The molecule has 0 atom stereocenters. The van der Waals surface area contributed by atoms with Gasteiger partial charge in [-0.3, -0.25) is 4.79 Å². The van der Waals surface area contributed by atoms with E-state index in [4.69, 9.17) is 0 Å². The van der Waals surface area contributed by atoms with Crippen molar-refractivity contribution in [2.75, 3.05) is 26.2 Å². The Labute approximate surface area is 199 Å². The zero-order chi connectivity index (χ0) is 22.1. The van der Waals surface area contributed by atoms with Crippen molar-refractivity contribution in [3.05, 3.63) is 101 Å². The first-order valence-corrected chi connectivity index (χ1v) is 11.1. The first kappa shape index (κ1) is 23.0. The van der Waals surface area contributed by atoms with Crippen molar-refractivity contribution in [1.82, 2.24) is 14.6 Å². The van der Waals surface area contributed by atoms with Crippen molar-refractivity contribution >= 4 is 23.8 Å². The number of hydrogen-bond acceptors (Lipinski definition) is 2. The molecule has 3 heterocycles. The molecule has 1 fully saturated rings. The minimum Gasteiger partial charge on any atom is -0.336 e. The maximum Gasteiger partial charge on any atom is 0.256 e. The number of amides is 1. The SMILES string of the molecule is Cc1c(F)cccc1Cc1c(C(=O)N2CCNCC2)c2ccccn2c1-c1ccccc1.Cl. The number of aromatic nitrogens is 1. The van der Waals surface area contributed by atoms with Crippen molar-refractivity contribution in [3.8, 4) is 11.3 Å². The van der Waals surface area contributed by atoms with Crippen LogP contribution >= 0.6 is 12.4 Å². The number of nitrogens with one attached hydrogen (secondary N) is 1. The number of halogens is 2. The van der Waals surface area contributed by atoms with Gasteiger partial charge in [0.05, 0.1) is 16.8 Å². The smallest absolute Gasteiger partial charge is 0.256 e. The molecule has 4 aromatic rings. The summed E-state index contributed by atoms with van der Waals surface area (Å²) in [6.45, 7) is 4.76. The average molecular weight is 464 g/mol. The molecule has 6 heteroatoms. The summed E-state index contributed by atoms with van der Waals surface area (Å²) >= 11 is 0. The van der Waals surface area contributed by atoms with Gasteiger partial charge < -0.3 is 14.6 Å². The fourth-order valence-electron chi connectivity index (χ4n) is 4.64. The Morgan fingerprint density at radius 2 is 1.70 bits per heavy atom. The number of piperazine rings is 1. The Hall–Kier alpha value is -3.15. The van der Waals surface area contributed by atoms with Gasteiger partial charge >= 0.3 is 0 Å². The Bertz CT molecular complexity index is 1280. The third-order valence-electron chi connectivity index (χ3n) is 6.36. The quantitative estimate of drug-likeness (QED) is 0.456. The number of hydrogen-bond donors (Lipinski definition) is 1. The maximum atomic E-state index is 14.4. The number of benzene rings is 2. The monoisotopic (exact) mass is 463 g/mol. The zero-order valence-corrected chi connectivity index (χ0v) is 19.4. The standard InChI is InChI=1S/C27H26FN3O.ClH/c1-19-21(10-7-11-23(19)28)18-22-25(27(32)30-16-13-29-14-17-30)24-12-5-6-15-31(24)26(22)20-8-3-2-4-9-20;/h2-12,15,29H,13-14,16-18H2,1H3;1H. The molecule has 0 aliphatic carbocycles. The van der Waals surface area contributed by atoms with E-state index in [1.807, 2.05) is 53.6 Å². The lowest BCUT2D eigenvalue weighted by Crippen LogP contribution is -2.46. The van der Waals surface area contributed by atoms with E-state index in [1.165, 1.54) is 6.07 Å². The van der Waals surface area contributed by atoms with Crippen molar-refractivity contribution < 1.29 is 9.18 Å². The van der Waals surface area contributed by atoms with E-state index < -0.39 is 0 Å². The summed E-state index contributed by atoms with van der Waals surface area (Å²) in [6.07, 6.45) is 2.50. The Morgan fingerprint density at radius 1 is 0.970 bits per heavy atom. The van der Waals surface area contributed by atoms with Crippen LogP contribution in [0.5, 0.6) is 0 Å². The predicted molar refractivity (Wildman–Crippen MR) is 133 cm³/mol. The molecule has 0 spiro atoms. The van der Waals surface area contributed by atoms with Gasteiger partial charge in [0.15, 0.2) is 0 Å². The fraction of sp³-hybridized carbons (Fsp3) is 0.222. The molecule has 4 nitrogen and oxygen atoms in total. The summed E-state index contributed by atoms with van der Waals surface area (Å²) in [5, 5.41) is 3.32. The second-order valence-electron chi connectivity index (χ2n) is 8.27. The molecule has 2 aromatic heterocycles. The minimum atomic E-state index is -0.220. The molecule has 1 amide bonds. The lowest BCUT2D eigenvalue weighted by atomic mass is 9.94. The number of nitrogens with zero attached hydrogens (tertiary/aromatic N) is 2. The highest BCUT2D eigenvalue weighted by molar-refractivity contribution is 6.05. The molecule has 0 bridgehead atoms. The molecule has 1 aliphatic rings. The lowest BCUT2D eigenvalue weighted by molar-refractivity contribution is 0.0737. The van der Waals surface area contributed by atoms with Crippen LogP contribution < -0.4 is 5.32 Å². The molecule has 0 unspecified atom stereocenters. The molecule has 1 saturated heterocycles. The normalized spacial score (nSPS) is 13.7. The second-order valence-corrected chi connectivity index (χ2v) is 8.27. The number of carbonyl (C=O) groups is 1. The van der Waals surface area contributed by atoms with Crippen LogP contribution in [-0.2, 0) is 6.42 Å². The van der Waals surface area contributed by atoms with Crippen LogP contribution in [-0.4, -0.2) is 41.4 Å². The van der Waals surface area contributed by atoms with Crippen LogP contribution in [0.4, 0.5) is 4.39 Å². The molecule has 1 N–H and O–H groups in total. The third kappa shape index (κ3) is 4.26. The van der Waals surface area contributed by atoms with Crippen LogP contribution in [0.25, 0.3) is 16.8 Å². The molecular formula is C27H27ClFN3O. The molecule has 170 valence electrons. The van der Waals surface area contributed by atoms with Crippen molar-refractivity contribution in [2.45, 2.75) is 13.3 Å². The van der Waals surface area contributed by atoms with Gasteiger partial charge in [0.1, 0.15) is 5.82 Å². The van der Waals surface area contributed by atoms with Gasteiger partial charge in [-0.25, -0.2) is 4.39 Å². The molecule has 0 saturated carbocycles. The summed E-state index contributed by atoms with van der Waals surface area (Å²) in [5.41, 5.74) is 6.10. The predicted octanol–water partition coefficient (Wildman–Crippen LogP) is 5.11. The fourth-order valence-corrected chi connectivity index (χ4v) is 4.64. The number of carbonyl (C=O) groups excluding carboxylic acids is 1. The highest BCUT2D eigenvalue weighted by Gasteiger charge is 2.28. The van der Waals surface area contributed by atoms with Crippen molar-refractivity contribution in [2.24, 2.45) is 0 Å². The van der Waals surface area contributed by atoms with E-state index >= 15 is 0 Å². The largest absolute Gasteiger partial charge is 0.336 e. The van der Waals surface area contributed by atoms with Gasteiger partial charge in [-0.2, -0.15) is 0 Å². The lowest BCUT2D eigenvalue weighted by Gasteiger charge is -2.27. The van der Waals surface area contributed by atoms with Gasteiger partial charge in [-0.05, 0) is 47.4 Å². The summed E-state index contributed by atoms with van der Waals surface area (Å²) < 4.78 is 16.5. The molecule has 33 heavy (non-hydrogen) atoms. The van der Waals surface area contributed by atoms with Crippen LogP contribution in [0.2, 0.25) is 0 Å². The van der Waals surface area contributed by atoms with Gasteiger partial charge in [-0.1, -0.05) is 48.5 Å². The topological polar surface area (TPSA) is 36.8 Å². The van der Waals surface area contributed by atoms with E-state index in [-0.39, 0.29) is 24.1 Å². The number of fused-ring (bicyclic) bond motifs is 1. The highest BCUT2D eigenvalue weighted by Crippen LogP contribution is 2.35. The van der Waals surface area contributed by atoms with E-state index in [2.05, 4.69) is 21.9 Å². The van der Waals surface area contributed by atoms with Gasteiger partial charge in [0.25, 0.3) is 5.91 Å². The Balaban J connectivity index is 0.00000259. The zero-order valence-electron chi connectivity index (χ0n) is 18.6. The Kier molecular flexibility index (Phi) is 6.82. The van der Waals surface area contributed by atoms with Gasteiger partial charge in [0, 0.05) is 38.8 Å². The first-order valence-electron chi connectivity index (χ1n) is 11.1. The average Bonchev–Trinajstić information content (AvgIpc) is 3.16. The summed E-state index contributed by atoms with van der Waals surface area (Å²) in [4.78, 5) is 15.8. The molecule has 0 radical (unpaired) electrons. The molecular weight excluding hydrogens is 437 g/mol. The van der Waals surface area contributed by atoms with E-state index in [1.54, 1.807) is 13.0 Å². The van der Waals surface area contributed by atoms with Crippen LogP contribution in [0.3, 0.4) is 0 Å². The Morgan fingerprint density at radius 3 is 2.45 bits per heavy atom. The maximum absolute atomic E-state index is 14.4. The van der Waals surface area contributed by atoms with Crippen LogP contribution in [0.15, 0.2) is 72.9 Å². The molecule has 2 aromatic carbocycles. The second kappa shape index (κ2) is 9.77. The summed E-state index contributed by atoms with van der Waals surface area (Å²) in [6, 6.07) is 21.3. The minimum absolute atomic E-state index is 0. The molecule has 1 aliphatic heterocycles. The van der Waals surface area contributed by atoms with Crippen molar-refractivity contribution in [3.63, 3.8) is 0 Å².